The highest BCUT2D eigenvalue weighted by Gasteiger charge is 2.17. The zero-order valence-electron chi connectivity index (χ0n) is 9.52. The smallest absolute Gasteiger partial charge is 0.128 e. The zero-order valence-corrected chi connectivity index (χ0v) is 10.3. The summed E-state index contributed by atoms with van der Waals surface area (Å²) in [5, 5.41) is 0.641. The molecule has 1 heterocycles. The summed E-state index contributed by atoms with van der Waals surface area (Å²) in [7, 11) is 0. The van der Waals surface area contributed by atoms with E-state index in [0.29, 0.717) is 10.8 Å². The third-order valence-corrected chi connectivity index (χ3v) is 3.13. The van der Waals surface area contributed by atoms with Gasteiger partial charge in [-0.05, 0) is 30.2 Å². The van der Waals surface area contributed by atoms with Crippen LogP contribution in [0.2, 0.25) is 5.02 Å². The lowest BCUT2D eigenvalue weighted by molar-refractivity contribution is 0.858. The van der Waals surface area contributed by atoms with Crippen molar-refractivity contribution < 1.29 is 0 Å². The van der Waals surface area contributed by atoms with Gasteiger partial charge < -0.3 is 11.5 Å². The number of halogens is 1. The van der Waals surface area contributed by atoms with Crippen LogP contribution in [0, 0.1) is 6.92 Å². The number of nitrogens with two attached hydrogens (primary N) is 2. The van der Waals surface area contributed by atoms with Crippen molar-refractivity contribution in [1.82, 2.24) is 4.98 Å². The number of rotatable bonds is 2. The van der Waals surface area contributed by atoms with Gasteiger partial charge in [-0.2, -0.15) is 0 Å². The Kier molecular flexibility index (Phi) is 3.31. The molecule has 0 saturated carbocycles. The standard InChI is InChI=1S/C13H14ClN3/c1-8-6-7-17-13(16)11(8)12(15)9-4-2-3-5-10(9)14/h2-7,12H,15H2,1H3,(H2,16,17). The van der Waals surface area contributed by atoms with E-state index >= 15 is 0 Å². The van der Waals surface area contributed by atoms with Crippen LogP contribution in [0.1, 0.15) is 22.7 Å². The summed E-state index contributed by atoms with van der Waals surface area (Å²) in [5.41, 5.74) is 14.8. The number of aromatic nitrogens is 1. The van der Waals surface area contributed by atoms with E-state index in [9.17, 15) is 0 Å². The number of aryl methyl sites for hydroxylation is 1. The van der Waals surface area contributed by atoms with Crippen molar-refractivity contribution in [2.45, 2.75) is 13.0 Å². The first-order valence-corrected chi connectivity index (χ1v) is 5.70. The lowest BCUT2D eigenvalue weighted by Gasteiger charge is -2.17. The molecule has 0 bridgehead atoms. The van der Waals surface area contributed by atoms with Crippen LogP contribution in [0.25, 0.3) is 0 Å². The Morgan fingerprint density at radius 1 is 1.24 bits per heavy atom. The molecule has 0 saturated heterocycles. The summed E-state index contributed by atoms with van der Waals surface area (Å²) in [6.07, 6.45) is 1.67. The Labute approximate surface area is 105 Å². The van der Waals surface area contributed by atoms with Crippen LogP contribution in [0.4, 0.5) is 5.82 Å². The highest BCUT2D eigenvalue weighted by Crippen LogP contribution is 2.30. The molecular formula is C13H14ClN3. The van der Waals surface area contributed by atoms with Gasteiger partial charge in [-0.1, -0.05) is 29.8 Å². The summed E-state index contributed by atoms with van der Waals surface area (Å²) in [6, 6.07) is 9.04. The Morgan fingerprint density at radius 2 is 1.94 bits per heavy atom. The van der Waals surface area contributed by atoms with E-state index in [1.54, 1.807) is 6.20 Å². The summed E-state index contributed by atoms with van der Waals surface area (Å²) < 4.78 is 0. The molecule has 3 nitrogen and oxygen atoms in total. The van der Waals surface area contributed by atoms with Crippen LogP contribution < -0.4 is 11.5 Å². The summed E-state index contributed by atoms with van der Waals surface area (Å²) in [4.78, 5) is 4.07. The number of anilines is 1. The molecule has 0 fully saturated rings. The molecule has 4 N–H and O–H groups in total. The van der Waals surface area contributed by atoms with E-state index < -0.39 is 0 Å². The van der Waals surface area contributed by atoms with Crippen molar-refractivity contribution in [3.8, 4) is 0 Å². The van der Waals surface area contributed by atoms with Crippen molar-refractivity contribution in [1.29, 1.82) is 0 Å². The fourth-order valence-electron chi connectivity index (χ4n) is 1.88. The molecule has 1 aromatic carbocycles. The van der Waals surface area contributed by atoms with Crippen molar-refractivity contribution in [2.24, 2.45) is 5.73 Å². The van der Waals surface area contributed by atoms with Crippen LogP contribution in [0.3, 0.4) is 0 Å². The fraction of sp³-hybridized carbons (Fsp3) is 0.154. The molecule has 0 aliphatic rings. The number of benzene rings is 1. The fourth-order valence-corrected chi connectivity index (χ4v) is 2.13. The number of hydrogen-bond acceptors (Lipinski definition) is 3. The van der Waals surface area contributed by atoms with Crippen LogP contribution in [-0.4, -0.2) is 4.98 Å². The number of hydrogen-bond donors (Lipinski definition) is 2. The Balaban J connectivity index is 2.51. The average molecular weight is 248 g/mol. The molecule has 2 aromatic rings. The van der Waals surface area contributed by atoms with Gasteiger partial charge in [-0.25, -0.2) is 4.98 Å². The van der Waals surface area contributed by atoms with Gasteiger partial charge in [0, 0.05) is 16.8 Å². The van der Waals surface area contributed by atoms with Crippen molar-refractivity contribution in [3.63, 3.8) is 0 Å². The first-order chi connectivity index (χ1) is 8.11. The second-order valence-electron chi connectivity index (χ2n) is 3.93. The van der Waals surface area contributed by atoms with Crippen LogP contribution in [0.5, 0.6) is 0 Å². The van der Waals surface area contributed by atoms with Gasteiger partial charge in [-0.3, -0.25) is 0 Å². The first kappa shape index (κ1) is 11.9. The molecule has 4 heteroatoms. The van der Waals surface area contributed by atoms with E-state index in [1.165, 1.54) is 0 Å². The molecule has 88 valence electrons. The van der Waals surface area contributed by atoms with Gasteiger partial charge in [0.25, 0.3) is 0 Å². The predicted octanol–water partition coefficient (Wildman–Crippen LogP) is 2.67. The number of pyridine rings is 1. The van der Waals surface area contributed by atoms with E-state index in [4.69, 9.17) is 23.1 Å². The van der Waals surface area contributed by atoms with Crippen molar-refractivity contribution >= 4 is 17.4 Å². The Morgan fingerprint density at radius 3 is 2.59 bits per heavy atom. The van der Waals surface area contributed by atoms with Crippen LogP contribution in [-0.2, 0) is 0 Å². The van der Waals surface area contributed by atoms with Gasteiger partial charge in [0.05, 0.1) is 6.04 Å². The highest BCUT2D eigenvalue weighted by molar-refractivity contribution is 6.31. The van der Waals surface area contributed by atoms with Gasteiger partial charge in [0.15, 0.2) is 0 Å². The summed E-state index contributed by atoms with van der Waals surface area (Å²) in [6.45, 7) is 1.96. The Hall–Kier alpha value is -1.58. The molecule has 0 spiro atoms. The third-order valence-electron chi connectivity index (χ3n) is 2.79. The quantitative estimate of drug-likeness (QED) is 0.858. The van der Waals surface area contributed by atoms with Gasteiger partial charge in [-0.15, -0.1) is 0 Å². The maximum Gasteiger partial charge on any atom is 0.128 e. The second-order valence-corrected chi connectivity index (χ2v) is 4.33. The van der Waals surface area contributed by atoms with Gasteiger partial charge in [0.2, 0.25) is 0 Å². The van der Waals surface area contributed by atoms with Crippen LogP contribution in [0.15, 0.2) is 36.5 Å². The lowest BCUT2D eigenvalue weighted by Crippen LogP contribution is -2.16. The topological polar surface area (TPSA) is 64.9 Å². The zero-order chi connectivity index (χ0) is 12.4. The molecule has 1 aromatic heterocycles. The molecule has 2 rings (SSSR count). The molecule has 17 heavy (non-hydrogen) atoms. The summed E-state index contributed by atoms with van der Waals surface area (Å²) in [5.74, 6) is 0.456. The average Bonchev–Trinajstić information content (AvgIpc) is 2.29. The molecular weight excluding hydrogens is 234 g/mol. The van der Waals surface area contributed by atoms with Gasteiger partial charge >= 0.3 is 0 Å². The molecule has 0 aliphatic heterocycles. The molecule has 1 unspecified atom stereocenters. The number of nitrogens with zero attached hydrogens (tertiary/aromatic N) is 1. The number of nitrogen functional groups attached to an aromatic ring is 1. The minimum atomic E-state index is -0.350. The van der Waals surface area contributed by atoms with Crippen molar-refractivity contribution in [2.75, 3.05) is 5.73 Å². The van der Waals surface area contributed by atoms with E-state index in [1.807, 2.05) is 37.3 Å². The normalized spacial score (nSPS) is 12.4. The molecule has 0 amide bonds. The van der Waals surface area contributed by atoms with Crippen molar-refractivity contribution in [3.05, 3.63) is 58.2 Å². The monoisotopic (exact) mass is 247 g/mol. The maximum atomic E-state index is 6.21. The highest BCUT2D eigenvalue weighted by atomic mass is 35.5. The Bertz CT molecular complexity index is 520. The summed E-state index contributed by atoms with van der Waals surface area (Å²) >= 11 is 6.13. The second kappa shape index (κ2) is 4.73. The molecule has 0 aliphatic carbocycles. The van der Waals surface area contributed by atoms with E-state index in [-0.39, 0.29) is 6.04 Å². The van der Waals surface area contributed by atoms with E-state index in [0.717, 1.165) is 16.7 Å². The minimum Gasteiger partial charge on any atom is -0.383 e. The SMILES string of the molecule is Cc1ccnc(N)c1C(N)c1ccccc1Cl. The third kappa shape index (κ3) is 2.25. The largest absolute Gasteiger partial charge is 0.383 e. The molecule has 0 radical (unpaired) electrons. The lowest BCUT2D eigenvalue weighted by atomic mass is 9.96. The van der Waals surface area contributed by atoms with Crippen LogP contribution >= 0.6 is 11.6 Å². The minimum absolute atomic E-state index is 0.350. The van der Waals surface area contributed by atoms with E-state index in [2.05, 4.69) is 4.98 Å². The predicted molar refractivity (Wildman–Crippen MR) is 70.9 cm³/mol. The molecule has 1 atom stereocenters. The maximum absolute atomic E-state index is 6.21. The first-order valence-electron chi connectivity index (χ1n) is 5.32. The van der Waals surface area contributed by atoms with Gasteiger partial charge in [0.1, 0.15) is 5.82 Å².